The third kappa shape index (κ3) is 3.69. The van der Waals surface area contributed by atoms with Crippen molar-refractivity contribution in [1.82, 2.24) is 0 Å². The van der Waals surface area contributed by atoms with Crippen molar-refractivity contribution in [2.24, 2.45) is 0 Å². The highest BCUT2D eigenvalue weighted by atomic mass is 32.2. The molecule has 2 rings (SSSR count). The fourth-order valence-corrected chi connectivity index (χ4v) is 3.14. The van der Waals surface area contributed by atoms with Crippen LogP contribution in [0, 0.1) is 13.8 Å². The molecule has 0 N–H and O–H groups in total. The number of aryl methyl sites for hydroxylation is 2. The van der Waals surface area contributed by atoms with Gasteiger partial charge in [0.05, 0.1) is 0 Å². The summed E-state index contributed by atoms with van der Waals surface area (Å²) in [6, 6.07) is 16.9. The highest BCUT2D eigenvalue weighted by Crippen LogP contribution is 2.27. The Morgan fingerprint density at radius 1 is 0.667 bits per heavy atom. The number of rotatable bonds is 4. The molecule has 92 valence electrons. The van der Waals surface area contributed by atoms with E-state index in [9.17, 15) is 0 Å². The Balaban J connectivity index is 1.94. The van der Waals surface area contributed by atoms with Crippen LogP contribution in [0.2, 0.25) is 0 Å². The van der Waals surface area contributed by atoms with Crippen LogP contribution in [-0.2, 0) is 0 Å². The number of hydrogen-bond donors (Lipinski definition) is 0. The maximum Gasteiger partial charge on any atom is 0.0145 e. The molecule has 0 aliphatic heterocycles. The van der Waals surface area contributed by atoms with Crippen molar-refractivity contribution in [1.29, 1.82) is 0 Å². The van der Waals surface area contributed by atoms with Crippen molar-refractivity contribution in [3.8, 4) is 0 Å². The van der Waals surface area contributed by atoms with Gasteiger partial charge in [0.25, 0.3) is 0 Å². The number of thioether (sulfide) groups is 2. The molecule has 0 bridgehead atoms. The third-order valence-corrected chi connectivity index (χ3v) is 4.77. The molecule has 0 spiro atoms. The highest BCUT2D eigenvalue weighted by Gasteiger charge is 1.96. The number of benzene rings is 2. The molecule has 0 aliphatic carbocycles. The fourth-order valence-electron chi connectivity index (χ4n) is 1.58. The van der Waals surface area contributed by atoms with Crippen LogP contribution in [0.1, 0.15) is 11.1 Å². The fraction of sp³-hybridized carbons (Fsp3) is 0.125. The molecule has 18 heavy (non-hydrogen) atoms. The zero-order chi connectivity index (χ0) is 12.8. The topological polar surface area (TPSA) is 0 Å². The molecular formula is C16H16S2. The van der Waals surface area contributed by atoms with Crippen LogP contribution in [0.3, 0.4) is 0 Å². The van der Waals surface area contributed by atoms with Crippen molar-refractivity contribution in [2.75, 3.05) is 0 Å². The molecular weight excluding hydrogens is 256 g/mol. The van der Waals surface area contributed by atoms with Crippen LogP contribution in [0.25, 0.3) is 0 Å². The summed E-state index contributed by atoms with van der Waals surface area (Å²) in [7, 11) is 0. The first kappa shape index (κ1) is 13.3. The Hall–Kier alpha value is -1.12. The standard InChI is InChI=1S/C16H16S2/c1-13-7-3-5-9-15(13)17-11-12-18-16-10-6-4-8-14(16)2/h3-12H,1-2H3/b12-11-. The smallest absolute Gasteiger partial charge is 0.0145 e. The molecule has 0 fully saturated rings. The predicted molar refractivity (Wildman–Crippen MR) is 83.2 cm³/mol. The van der Waals surface area contributed by atoms with Gasteiger partial charge >= 0.3 is 0 Å². The first-order valence-corrected chi connectivity index (χ1v) is 7.63. The SMILES string of the molecule is Cc1ccccc1S/C=C\Sc1ccccc1C. The molecule has 2 heteroatoms. The highest BCUT2D eigenvalue weighted by molar-refractivity contribution is 8.05. The minimum absolute atomic E-state index is 1.32. The summed E-state index contributed by atoms with van der Waals surface area (Å²) in [5.74, 6) is 0. The summed E-state index contributed by atoms with van der Waals surface area (Å²) in [5.41, 5.74) is 2.65. The van der Waals surface area contributed by atoms with Crippen molar-refractivity contribution in [3.63, 3.8) is 0 Å². The lowest BCUT2D eigenvalue weighted by atomic mass is 10.2. The van der Waals surface area contributed by atoms with Crippen molar-refractivity contribution in [3.05, 3.63) is 70.5 Å². The van der Waals surface area contributed by atoms with E-state index in [1.165, 1.54) is 20.9 Å². The van der Waals surface area contributed by atoms with Crippen LogP contribution < -0.4 is 0 Å². The van der Waals surface area contributed by atoms with Crippen LogP contribution >= 0.6 is 23.5 Å². The second-order valence-corrected chi connectivity index (χ2v) is 5.93. The zero-order valence-corrected chi connectivity index (χ0v) is 12.2. The van der Waals surface area contributed by atoms with Gasteiger partial charge in [0.1, 0.15) is 0 Å². The number of hydrogen-bond acceptors (Lipinski definition) is 2. The Labute approximate surface area is 118 Å². The molecule has 0 saturated carbocycles. The summed E-state index contributed by atoms with van der Waals surface area (Å²) in [5, 5.41) is 4.30. The van der Waals surface area contributed by atoms with Crippen LogP contribution in [0.5, 0.6) is 0 Å². The summed E-state index contributed by atoms with van der Waals surface area (Å²) in [6.07, 6.45) is 0. The minimum atomic E-state index is 1.32. The molecule has 0 heterocycles. The lowest BCUT2D eigenvalue weighted by molar-refractivity contribution is 1.31. The summed E-state index contributed by atoms with van der Waals surface area (Å²) in [6.45, 7) is 4.29. The van der Waals surface area contributed by atoms with E-state index in [2.05, 4.69) is 73.2 Å². The molecule has 0 unspecified atom stereocenters. The average molecular weight is 272 g/mol. The van der Waals surface area contributed by atoms with Gasteiger partial charge in [0.2, 0.25) is 0 Å². The Morgan fingerprint density at radius 2 is 1.06 bits per heavy atom. The second kappa shape index (κ2) is 6.72. The van der Waals surface area contributed by atoms with Gasteiger partial charge in [0, 0.05) is 9.79 Å². The van der Waals surface area contributed by atoms with Crippen molar-refractivity contribution >= 4 is 23.5 Å². The van der Waals surface area contributed by atoms with Gasteiger partial charge < -0.3 is 0 Å². The van der Waals surface area contributed by atoms with Gasteiger partial charge in [0.15, 0.2) is 0 Å². The summed E-state index contributed by atoms with van der Waals surface area (Å²) in [4.78, 5) is 2.64. The van der Waals surface area contributed by atoms with Crippen molar-refractivity contribution in [2.45, 2.75) is 23.6 Å². The Morgan fingerprint density at radius 3 is 1.44 bits per heavy atom. The zero-order valence-electron chi connectivity index (χ0n) is 10.6. The van der Waals surface area contributed by atoms with E-state index in [0.29, 0.717) is 0 Å². The largest absolute Gasteiger partial charge is 0.0973 e. The lowest BCUT2D eigenvalue weighted by Gasteiger charge is -2.01. The predicted octanol–water partition coefficient (Wildman–Crippen LogP) is 5.66. The molecule has 0 aliphatic rings. The summed E-state index contributed by atoms with van der Waals surface area (Å²) >= 11 is 3.54. The monoisotopic (exact) mass is 272 g/mol. The normalized spacial score (nSPS) is 11.0. The molecule has 0 radical (unpaired) electrons. The van der Waals surface area contributed by atoms with E-state index in [-0.39, 0.29) is 0 Å². The summed E-state index contributed by atoms with van der Waals surface area (Å²) < 4.78 is 0. The molecule has 0 saturated heterocycles. The first-order chi connectivity index (χ1) is 8.77. The van der Waals surface area contributed by atoms with Crippen LogP contribution in [0.4, 0.5) is 0 Å². The maximum atomic E-state index is 2.16. The van der Waals surface area contributed by atoms with E-state index in [4.69, 9.17) is 0 Å². The van der Waals surface area contributed by atoms with Gasteiger partial charge in [-0.1, -0.05) is 59.9 Å². The van der Waals surface area contributed by atoms with E-state index >= 15 is 0 Å². The molecule has 2 aromatic rings. The quantitative estimate of drug-likeness (QED) is 0.659. The Kier molecular flexibility index (Phi) is 4.97. The van der Waals surface area contributed by atoms with Gasteiger partial charge in [-0.2, -0.15) is 0 Å². The minimum Gasteiger partial charge on any atom is -0.0973 e. The van der Waals surface area contributed by atoms with E-state index in [1.54, 1.807) is 23.5 Å². The molecule has 0 aromatic heterocycles. The van der Waals surface area contributed by atoms with Gasteiger partial charge in [-0.3, -0.25) is 0 Å². The van der Waals surface area contributed by atoms with E-state index in [0.717, 1.165) is 0 Å². The molecule has 0 amide bonds. The molecule has 0 nitrogen and oxygen atoms in total. The van der Waals surface area contributed by atoms with Crippen LogP contribution in [-0.4, -0.2) is 0 Å². The second-order valence-electron chi connectivity index (χ2n) is 4.04. The first-order valence-electron chi connectivity index (χ1n) is 5.87. The maximum absolute atomic E-state index is 2.16. The average Bonchev–Trinajstić information content (AvgIpc) is 2.38. The van der Waals surface area contributed by atoms with Gasteiger partial charge in [-0.15, -0.1) is 0 Å². The Bertz CT molecular complexity index is 495. The van der Waals surface area contributed by atoms with Gasteiger partial charge in [-0.05, 0) is 47.9 Å². The lowest BCUT2D eigenvalue weighted by Crippen LogP contribution is -1.75. The van der Waals surface area contributed by atoms with Crippen molar-refractivity contribution < 1.29 is 0 Å². The van der Waals surface area contributed by atoms with E-state index < -0.39 is 0 Å². The molecule has 2 aromatic carbocycles. The van der Waals surface area contributed by atoms with Gasteiger partial charge in [-0.25, -0.2) is 0 Å². The van der Waals surface area contributed by atoms with E-state index in [1.807, 2.05) is 0 Å². The van der Waals surface area contributed by atoms with Crippen LogP contribution in [0.15, 0.2) is 69.1 Å². The third-order valence-electron chi connectivity index (χ3n) is 2.63. The molecule has 0 atom stereocenters.